The number of piperazine rings is 1. The van der Waals surface area contributed by atoms with Crippen LogP contribution in [0.4, 0.5) is 22.4 Å². The van der Waals surface area contributed by atoms with Crippen LogP contribution in [0.3, 0.4) is 0 Å². The number of aliphatic carboxylic acids is 1. The van der Waals surface area contributed by atoms with Crippen molar-refractivity contribution in [2.75, 3.05) is 54.0 Å². The zero-order valence-corrected chi connectivity index (χ0v) is 35.7. The van der Waals surface area contributed by atoms with Gasteiger partial charge in [0, 0.05) is 51.0 Å². The molecule has 0 aliphatic carbocycles. The number of hydrogen-bond donors (Lipinski definition) is 5. The topological polar surface area (TPSA) is 242 Å². The molecule has 7 rings (SSSR count). The van der Waals surface area contributed by atoms with Gasteiger partial charge in [0.15, 0.2) is 5.82 Å². The number of nitrogens with zero attached hydrogens (tertiary/aromatic N) is 9. The Morgan fingerprint density at radius 1 is 0.778 bits per heavy atom. The number of hydrogen-bond acceptors (Lipinski definition) is 16. The number of esters is 1. The zero-order chi connectivity index (χ0) is 45.0. The third kappa shape index (κ3) is 10.1. The minimum atomic E-state index is -1.70. The van der Waals surface area contributed by atoms with Crippen molar-refractivity contribution in [2.45, 2.75) is 71.1 Å². The predicted octanol–water partition coefficient (Wildman–Crippen LogP) is 5.16. The van der Waals surface area contributed by atoms with Crippen LogP contribution in [0.25, 0.3) is 17.1 Å². The average Bonchev–Trinajstić information content (AvgIpc) is 3.65. The lowest BCUT2D eigenvalue weighted by atomic mass is 9.96. The molecular formula is C44H52N10O9. The second-order valence-electron chi connectivity index (χ2n) is 16.8. The van der Waals surface area contributed by atoms with Crippen LogP contribution < -0.4 is 20.0 Å². The van der Waals surface area contributed by atoms with Crippen LogP contribution in [0.5, 0.6) is 17.5 Å². The van der Waals surface area contributed by atoms with E-state index in [1.807, 2.05) is 43.0 Å². The molecule has 19 nitrogen and oxygen atoms in total. The Balaban J connectivity index is 0.947. The van der Waals surface area contributed by atoms with Crippen LogP contribution in [-0.2, 0) is 19.1 Å². The maximum Gasteiger partial charge on any atom is 0.408 e. The van der Waals surface area contributed by atoms with Crippen molar-refractivity contribution in [1.29, 1.82) is 0 Å². The zero-order valence-electron chi connectivity index (χ0n) is 35.7. The Morgan fingerprint density at radius 2 is 1.38 bits per heavy atom. The van der Waals surface area contributed by atoms with Crippen LogP contribution in [0.2, 0.25) is 0 Å². The molecule has 4 heterocycles. The maximum absolute atomic E-state index is 13.5. The Hall–Kier alpha value is -7.18. The van der Waals surface area contributed by atoms with Crippen LogP contribution in [0.15, 0.2) is 73.1 Å². The molecule has 2 fully saturated rings. The Kier molecular flexibility index (Phi) is 12.8. The minimum Gasteiger partial charge on any atom is -0.508 e. The number of amides is 1. The fraction of sp³-hybridized carbons (Fsp3) is 0.409. The van der Waals surface area contributed by atoms with Crippen molar-refractivity contribution in [3.63, 3.8) is 0 Å². The number of carboxylic acids is 1. The summed E-state index contributed by atoms with van der Waals surface area (Å²) in [6.45, 7) is 12.4. The summed E-state index contributed by atoms with van der Waals surface area (Å²) in [4.78, 5) is 58.6. The van der Waals surface area contributed by atoms with Crippen LogP contribution >= 0.6 is 0 Å². The molecule has 0 radical (unpaired) electrons. The molecule has 2 unspecified atom stereocenters. The fourth-order valence-electron chi connectivity index (χ4n) is 7.71. The SMILES string of the molecule is CC(C)c1cc(-c2nnc(O)n2-c2ccc(N3CCN(c4ncnc(N5CCC(C(=O)OC(C(=O)O)C(NC(=O)OC(C)(C)C)c6ccccc6)CC5)n4)CC3)cc2)c(O)cc1O. The van der Waals surface area contributed by atoms with Gasteiger partial charge in [-0.05, 0) is 81.0 Å². The first-order valence-corrected chi connectivity index (χ1v) is 20.8. The molecule has 2 atom stereocenters. The van der Waals surface area contributed by atoms with E-state index in [9.17, 15) is 34.8 Å². The summed E-state index contributed by atoms with van der Waals surface area (Å²) in [5.74, 6) is -1.68. The summed E-state index contributed by atoms with van der Waals surface area (Å²) in [5.41, 5.74) is 2.11. The van der Waals surface area contributed by atoms with Gasteiger partial charge < -0.3 is 49.9 Å². The first-order valence-electron chi connectivity index (χ1n) is 20.8. The second kappa shape index (κ2) is 18.4. The number of anilines is 3. The van der Waals surface area contributed by atoms with Crippen molar-refractivity contribution < 1.29 is 44.3 Å². The molecule has 1 amide bonds. The predicted molar refractivity (Wildman–Crippen MR) is 231 cm³/mol. The molecule has 2 aliphatic heterocycles. The quantitative estimate of drug-likeness (QED) is 0.102. The molecule has 0 bridgehead atoms. The number of piperidine rings is 1. The Bertz CT molecular complexity index is 2410. The molecule has 2 aliphatic rings. The fourth-order valence-corrected chi connectivity index (χ4v) is 7.71. The molecule has 5 N–H and O–H groups in total. The van der Waals surface area contributed by atoms with E-state index in [0.29, 0.717) is 86.4 Å². The first-order chi connectivity index (χ1) is 30.1. The number of benzene rings is 3. The van der Waals surface area contributed by atoms with E-state index in [4.69, 9.17) is 14.5 Å². The van der Waals surface area contributed by atoms with Gasteiger partial charge in [0.25, 0.3) is 0 Å². The summed E-state index contributed by atoms with van der Waals surface area (Å²) >= 11 is 0. The third-order valence-electron chi connectivity index (χ3n) is 11.0. The number of phenols is 2. The number of aromatic hydroxyl groups is 3. The first kappa shape index (κ1) is 43.9. The third-order valence-corrected chi connectivity index (χ3v) is 11.0. The summed E-state index contributed by atoms with van der Waals surface area (Å²) in [5, 5.41) is 52.5. The summed E-state index contributed by atoms with van der Waals surface area (Å²) in [6, 6.07) is 17.4. The number of nitrogens with one attached hydrogen (secondary N) is 1. The van der Waals surface area contributed by atoms with E-state index in [1.165, 1.54) is 17.0 Å². The van der Waals surface area contributed by atoms with E-state index < -0.39 is 41.7 Å². The smallest absolute Gasteiger partial charge is 0.408 e. The van der Waals surface area contributed by atoms with Crippen molar-refractivity contribution in [3.05, 3.63) is 84.2 Å². The number of rotatable bonds is 12. The number of carbonyl (C=O) groups is 3. The van der Waals surface area contributed by atoms with E-state index in [0.717, 1.165) is 5.69 Å². The highest BCUT2D eigenvalue weighted by Crippen LogP contribution is 2.39. The van der Waals surface area contributed by atoms with Crippen LogP contribution in [-0.4, -0.2) is 119 Å². The highest BCUT2D eigenvalue weighted by atomic mass is 16.6. The molecule has 2 saturated heterocycles. The van der Waals surface area contributed by atoms with Gasteiger partial charge in [0.05, 0.1) is 17.2 Å². The molecule has 3 aromatic carbocycles. The number of aromatic nitrogens is 6. The van der Waals surface area contributed by atoms with Gasteiger partial charge in [-0.2, -0.15) is 4.98 Å². The summed E-state index contributed by atoms with van der Waals surface area (Å²) in [6.07, 6.45) is -0.329. The molecule has 19 heteroatoms. The van der Waals surface area contributed by atoms with Gasteiger partial charge in [0.1, 0.15) is 29.5 Å². The molecule has 0 spiro atoms. The van der Waals surface area contributed by atoms with Gasteiger partial charge in [0.2, 0.25) is 18.0 Å². The van der Waals surface area contributed by atoms with Crippen molar-refractivity contribution in [2.24, 2.45) is 5.92 Å². The summed E-state index contributed by atoms with van der Waals surface area (Å²) < 4.78 is 12.5. The molecule has 332 valence electrons. The minimum absolute atomic E-state index is 0.0214. The molecule has 63 heavy (non-hydrogen) atoms. The van der Waals surface area contributed by atoms with Crippen molar-refractivity contribution in [1.82, 2.24) is 35.0 Å². The lowest BCUT2D eigenvalue weighted by Crippen LogP contribution is -2.47. The van der Waals surface area contributed by atoms with Crippen LogP contribution in [0.1, 0.15) is 70.5 Å². The Morgan fingerprint density at radius 3 is 1.98 bits per heavy atom. The number of carbonyl (C=O) groups excluding carboxylic acids is 2. The highest BCUT2D eigenvalue weighted by Gasteiger charge is 2.38. The molecule has 2 aromatic heterocycles. The molecule has 0 saturated carbocycles. The van der Waals surface area contributed by atoms with Gasteiger partial charge in [-0.15, -0.1) is 5.10 Å². The number of phenolic OH excluding ortho intramolecular Hbond substituents is 2. The van der Waals surface area contributed by atoms with Gasteiger partial charge in [-0.1, -0.05) is 49.3 Å². The lowest BCUT2D eigenvalue weighted by Gasteiger charge is -2.36. The van der Waals surface area contributed by atoms with Gasteiger partial charge >= 0.3 is 24.0 Å². The average molecular weight is 865 g/mol. The number of ether oxygens (including phenoxy) is 2. The second-order valence-corrected chi connectivity index (χ2v) is 16.8. The van der Waals surface area contributed by atoms with Gasteiger partial charge in [-0.3, -0.25) is 4.79 Å². The highest BCUT2D eigenvalue weighted by molar-refractivity contribution is 5.81. The van der Waals surface area contributed by atoms with Gasteiger partial charge in [-0.25, -0.2) is 24.1 Å². The number of alkyl carbamates (subject to hydrolysis) is 1. The standard InChI is InChI=1S/C44H52N10O9/c1-26(2)31-23-32(34(56)24-33(31)55)37-49-50-42(60)54(37)30-13-11-29(12-14-30)51-19-21-53(22-20-51)41-46-25-45-40(48-41)52-17-15-28(16-18-52)39(59)62-36(38(57)58)35(27-9-7-6-8-10-27)47-43(61)63-44(3,4)5/h6-14,23-26,28,35-36,55-56H,15-22H2,1-5H3,(H,47,61)(H,50,60)(H,57,58). The Labute approximate surface area is 364 Å². The normalized spacial score (nSPS) is 15.8. The van der Waals surface area contributed by atoms with E-state index in [-0.39, 0.29) is 29.3 Å². The van der Waals surface area contributed by atoms with Crippen molar-refractivity contribution >= 4 is 35.6 Å². The molecular weight excluding hydrogens is 813 g/mol. The largest absolute Gasteiger partial charge is 0.508 e. The molecule has 5 aromatic rings. The van der Waals surface area contributed by atoms with Crippen LogP contribution in [0, 0.1) is 5.92 Å². The van der Waals surface area contributed by atoms with E-state index in [2.05, 4.69) is 35.3 Å². The van der Waals surface area contributed by atoms with E-state index in [1.54, 1.807) is 57.2 Å². The monoisotopic (exact) mass is 864 g/mol. The summed E-state index contributed by atoms with van der Waals surface area (Å²) in [7, 11) is 0. The lowest BCUT2D eigenvalue weighted by molar-refractivity contribution is -0.169. The van der Waals surface area contributed by atoms with E-state index >= 15 is 0 Å². The maximum atomic E-state index is 13.5. The van der Waals surface area contributed by atoms with Crippen molar-refractivity contribution in [3.8, 4) is 34.6 Å². The number of carboxylic acid groups (broad SMARTS) is 1.